The summed E-state index contributed by atoms with van der Waals surface area (Å²) < 4.78 is 5.66. The summed E-state index contributed by atoms with van der Waals surface area (Å²) in [6, 6.07) is 4.33. The topological polar surface area (TPSA) is 92.2 Å². The fraction of sp³-hybridized carbons (Fsp3) is 0.609. The molecule has 2 aromatic heterocycles. The first-order chi connectivity index (χ1) is 14.5. The normalized spacial score (nSPS) is 19.1. The fourth-order valence-electron chi connectivity index (χ4n) is 3.49. The number of hydrogen-bond donors (Lipinski definition) is 3. The number of aliphatic hydroxyl groups is 1. The quantitative estimate of drug-likeness (QED) is 0.497. The number of anilines is 2. The van der Waals surface area contributed by atoms with Gasteiger partial charge < -0.3 is 20.5 Å². The average Bonchev–Trinajstić information content (AvgIpc) is 2.75. The van der Waals surface area contributed by atoms with Gasteiger partial charge in [0.2, 0.25) is 5.95 Å². The summed E-state index contributed by atoms with van der Waals surface area (Å²) in [6.45, 7) is 7.62. The summed E-state index contributed by atoms with van der Waals surface area (Å²) in [5, 5.41) is 16.7. The van der Waals surface area contributed by atoms with Crippen molar-refractivity contribution in [1.82, 2.24) is 15.0 Å². The molecule has 3 rings (SSSR count). The van der Waals surface area contributed by atoms with E-state index in [1.165, 1.54) is 0 Å². The van der Waals surface area contributed by atoms with Gasteiger partial charge in [-0.3, -0.25) is 4.98 Å². The van der Waals surface area contributed by atoms with Gasteiger partial charge in [0.25, 0.3) is 0 Å². The number of aromatic nitrogens is 3. The van der Waals surface area contributed by atoms with Gasteiger partial charge in [0.15, 0.2) is 0 Å². The predicted molar refractivity (Wildman–Crippen MR) is 120 cm³/mol. The Morgan fingerprint density at radius 3 is 2.60 bits per heavy atom. The molecule has 30 heavy (non-hydrogen) atoms. The van der Waals surface area contributed by atoms with Crippen molar-refractivity contribution in [3.8, 4) is 11.3 Å². The van der Waals surface area contributed by atoms with E-state index < -0.39 is 0 Å². The predicted octanol–water partition coefficient (Wildman–Crippen LogP) is 4.39. The van der Waals surface area contributed by atoms with Crippen molar-refractivity contribution in [1.29, 1.82) is 0 Å². The Bertz CT molecular complexity index is 774. The van der Waals surface area contributed by atoms with Gasteiger partial charge in [-0.15, -0.1) is 0 Å². The van der Waals surface area contributed by atoms with E-state index in [2.05, 4.69) is 27.5 Å². The van der Waals surface area contributed by atoms with Gasteiger partial charge in [0, 0.05) is 25.0 Å². The Morgan fingerprint density at radius 1 is 1.13 bits per heavy atom. The number of ether oxygens (including phenoxy) is 1. The van der Waals surface area contributed by atoms with Gasteiger partial charge in [-0.2, -0.15) is 4.98 Å². The highest BCUT2D eigenvalue weighted by Crippen LogP contribution is 2.29. The third-order valence-electron chi connectivity index (χ3n) is 5.32. The number of rotatable bonds is 10. The molecule has 0 bridgehead atoms. The first-order valence-electron chi connectivity index (χ1n) is 11.2. The van der Waals surface area contributed by atoms with Gasteiger partial charge in [0.05, 0.1) is 30.1 Å². The zero-order chi connectivity index (χ0) is 21.3. The fourth-order valence-corrected chi connectivity index (χ4v) is 3.49. The second-order valence-corrected chi connectivity index (χ2v) is 8.30. The Morgan fingerprint density at radius 2 is 1.93 bits per heavy atom. The zero-order valence-electron chi connectivity index (χ0n) is 18.4. The molecule has 1 aliphatic rings. The molecule has 0 atom stereocenters. The molecular formula is C23H35N5O2. The maximum atomic E-state index is 9.81. The average molecular weight is 414 g/mol. The van der Waals surface area contributed by atoms with Gasteiger partial charge in [-0.25, -0.2) is 4.98 Å². The summed E-state index contributed by atoms with van der Waals surface area (Å²) in [4.78, 5) is 13.9. The molecule has 0 aliphatic heterocycles. The number of nitrogens with zero attached hydrogens (tertiary/aromatic N) is 3. The first kappa shape index (κ1) is 22.4. The van der Waals surface area contributed by atoms with E-state index in [1.54, 1.807) is 0 Å². The number of hydrogen-bond acceptors (Lipinski definition) is 7. The largest absolute Gasteiger partial charge is 0.393 e. The van der Waals surface area contributed by atoms with Gasteiger partial charge in [-0.05, 0) is 57.6 Å². The van der Waals surface area contributed by atoms with Crippen molar-refractivity contribution >= 4 is 11.8 Å². The van der Waals surface area contributed by atoms with E-state index in [0.29, 0.717) is 18.6 Å². The monoisotopic (exact) mass is 413 g/mol. The van der Waals surface area contributed by atoms with Crippen LogP contribution in [0, 0.1) is 0 Å². The van der Waals surface area contributed by atoms with Crippen LogP contribution in [-0.2, 0) is 11.3 Å². The van der Waals surface area contributed by atoms with Crippen molar-refractivity contribution < 1.29 is 9.84 Å². The lowest BCUT2D eigenvalue weighted by Gasteiger charge is -2.27. The molecule has 0 aromatic carbocycles. The zero-order valence-corrected chi connectivity index (χ0v) is 18.4. The van der Waals surface area contributed by atoms with Crippen LogP contribution < -0.4 is 10.6 Å². The standard InChI is InChI=1S/C23H35N5O2/c1-4-5-12-24-23-26-14-20(21-11-6-17(13-25-21)15-30-16(2)3)22(28-23)27-18-7-9-19(29)10-8-18/h6,11,13-14,16,18-19,29H,4-5,7-10,12,15H2,1-3H3,(H2,24,26,27,28). The smallest absolute Gasteiger partial charge is 0.224 e. The van der Waals surface area contributed by atoms with Crippen LogP contribution in [0.15, 0.2) is 24.5 Å². The van der Waals surface area contributed by atoms with E-state index in [4.69, 9.17) is 9.72 Å². The van der Waals surface area contributed by atoms with E-state index >= 15 is 0 Å². The Balaban J connectivity index is 1.79. The summed E-state index contributed by atoms with van der Waals surface area (Å²) >= 11 is 0. The number of unbranched alkanes of at least 4 members (excludes halogenated alkanes) is 1. The highest BCUT2D eigenvalue weighted by Gasteiger charge is 2.21. The minimum atomic E-state index is -0.179. The molecule has 2 heterocycles. The van der Waals surface area contributed by atoms with Crippen molar-refractivity contribution in [3.63, 3.8) is 0 Å². The lowest BCUT2D eigenvalue weighted by molar-refractivity contribution is 0.0655. The summed E-state index contributed by atoms with van der Waals surface area (Å²) in [5.74, 6) is 1.43. The maximum absolute atomic E-state index is 9.81. The molecule has 164 valence electrons. The SMILES string of the molecule is CCCCNc1ncc(-c2ccc(COC(C)C)cn2)c(NC2CCC(O)CC2)n1. The minimum Gasteiger partial charge on any atom is -0.393 e. The molecule has 1 fully saturated rings. The van der Waals surface area contributed by atoms with Crippen molar-refractivity contribution in [3.05, 3.63) is 30.1 Å². The molecule has 7 heteroatoms. The second kappa shape index (κ2) is 11.2. The van der Waals surface area contributed by atoms with Gasteiger partial charge >= 0.3 is 0 Å². The third-order valence-corrected chi connectivity index (χ3v) is 5.32. The van der Waals surface area contributed by atoms with Crippen LogP contribution in [0.3, 0.4) is 0 Å². The Hall–Kier alpha value is -2.25. The van der Waals surface area contributed by atoms with E-state index in [9.17, 15) is 5.11 Å². The molecule has 7 nitrogen and oxygen atoms in total. The van der Waals surface area contributed by atoms with Crippen LogP contribution in [0.2, 0.25) is 0 Å². The molecule has 0 spiro atoms. The summed E-state index contributed by atoms with van der Waals surface area (Å²) in [7, 11) is 0. The lowest BCUT2D eigenvalue weighted by Crippen LogP contribution is -2.29. The third kappa shape index (κ3) is 6.64. The number of pyridine rings is 1. The highest BCUT2D eigenvalue weighted by molar-refractivity contribution is 5.72. The molecule has 3 N–H and O–H groups in total. The van der Waals surface area contributed by atoms with Gasteiger partial charge in [0.1, 0.15) is 5.82 Å². The molecule has 1 saturated carbocycles. The van der Waals surface area contributed by atoms with Crippen LogP contribution >= 0.6 is 0 Å². The van der Waals surface area contributed by atoms with Crippen LogP contribution in [0.25, 0.3) is 11.3 Å². The summed E-state index contributed by atoms with van der Waals surface area (Å²) in [6.07, 6.45) is 9.42. The second-order valence-electron chi connectivity index (χ2n) is 8.30. The Labute approximate surface area is 179 Å². The molecule has 2 aromatic rings. The van der Waals surface area contributed by atoms with E-state index in [0.717, 1.165) is 67.7 Å². The molecule has 0 amide bonds. The molecule has 0 saturated heterocycles. The van der Waals surface area contributed by atoms with Crippen molar-refractivity contribution in [2.24, 2.45) is 0 Å². The van der Waals surface area contributed by atoms with Crippen LogP contribution in [0.5, 0.6) is 0 Å². The van der Waals surface area contributed by atoms with Crippen LogP contribution in [-0.4, -0.2) is 44.9 Å². The first-order valence-corrected chi connectivity index (χ1v) is 11.2. The number of nitrogens with one attached hydrogen (secondary N) is 2. The van der Waals surface area contributed by atoms with Crippen molar-refractivity contribution in [2.45, 2.75) is 84.2 Å². The highest BCUT2D eigenvalue weighted by atomic mass is 16.5. The number of aliphatic hydroxyl groups excluding tert-OH is 1. The molecule has 0 unspecified atom stereocenters. The van der Waals surface area contributed by atoms with E-state index in [1.807, 2.05) is 38.4 Å². The minimum absolute atomic E-state index is 0.179. The molecule has 0 radical (unpaired) electrons. The summed E-state index contributed by atoms with van der Waals surface area (Å²) in [5.41, 5.74) is 2.77. The molecule has 1 aliphatic carbocycles. The maximum Gasteiger partial charge on any atom is 0.224 e. The Kier molecular flexibility index (Phi) is 8.39. The molecular weight excluding hydrogens is 378 g/mol. The van der Waals surface area contributed by atoms with Crippen LogP contribution in [0.1, 0.15) is 64.9 Å². The van der Waals surface area contributed by atoms with Crippen LogP contribution in [0.4, 0.5) is 11.8 Å². The van der Waals surface area contributed by atoms with E-state index in [-0.39, 0.29) is 12.2 Å². The lowest BCUT2D eigenvalue weighted by atomic mass is 9.93. The van der Waals surface area contributed by atoms with Gasteiger partial charge in [-0.1, -0.05) is 19.4 Å². The van der Waals surface area contributed by atoms with Crippen molar-refractivity contribution in [2.75, 3.05) is 17.2 Å².